The zero-order valence-corrected chi connectivity index (χ0v) is 17.0. The summed E-state index contributed by atoms with van der Waals surface area (Å²) in [6, 6.07) is 16.1. The van der Waals surface area contributed by atoms with E-state index in [1.807, 2.05) is 36.4 Å². The summed E-state index contributed by atoms with van der Waals surface area (Å²) in [5.74, 6) is 0.843. The van der Waals surface area contributed by atoms with E-state index in [1.54, 1.807) is 11.8 Å². The Labute approximate surface area is 171 Å². The van der Waals surface area contributed by atoms with E-state index in [0.717, 1.165) is 54.4 Å². The highest BCUT2D eigenvalue weighted by Crippen LogP contribution is 2.28. The molecule has 5 heteroatoms. The Kier molecular flexibility index (Phi) is 6.55. The highest BCUT2D eigenvalue weighted by molar-refractivity contribution is 7.99. The molecule has 148 valence electrons. The predicted octanol–water partition coefficient (Wildman–Crippen LogP) is 5.20. The summed E-state index contributed by atoms with van der Waals surface area (Å²) in [5, 5.41) is 3.05. The van der Waals surface area contributed by atoms with E-state index in [2.05, 4.69) is 22.3 Å². The highest BCUT2D eigenvalue weighted by atomic mass is 32.2. The first-order valence-electron chi connectivity index (χ1n) is 10.3. The number of nitrogens with zero attached hydrogens (tertiary/aromatic N) is 1. The lowest BCUT2D eigenvalue weighted by atomic mass is 10.1. The highest BCUT2D eigenvalue weighted by Gasteiger charge is 2.18. The van der Waals surface area contributed by atoms with E-state index >= 15 is 0 Å². The van der Waals surface area contributed by atoms with Crippen LogP contribution in [0.4, 0.5) is 11.4 Å². The van der Waals surface area contributed by atoms with E-state index in [0.29, 0.717) is 6.10 Å². The summed E-state index contributed by atoms with van der Waals surface area (Å²) in [6.07, 6.45) is 6.42. The summed E-state index contributed by atoms with van der Waals surface area (Å²) in [5.41, 5.74) is 2.81. The number of carbonyl (C=O) groups excluding carboxylic acids is 1. The molecular formula is C23H28N2O2S. The minimum Gasteiger partial charge on any atom is -0.377 e. The molecular weight excluding hydrogens is 368 g/mol. The summed E-state index contributed by atoms with van der Waals surface area (Å²) in [7, 11) is 0. The summed E-state index contributed by atoms with van der Waals surface area (Å²) < 4.78 is 5.71. The van der Waals surface area contributed by atoms with Crippen molar-refractivity contribution in [2.24, 2.45) is 0 Å². The Hall–Kier alpha value is -1.98. The Balaban J connectivity index is 1.39. The van der Waals surface area contributed by atoms with Crippen LogP contribution >= 0.6 is 11.8 Å². The minimum atomic E-state index is -0.0545. The number of nitrogens with one attached hydrogen (secondary N) is 1. The van der Waals surface area contributed by atoms with Crippen LogP contribution in [0.5, 0.6) is 0 Å². The first-order valence-corrected chi connectivity index (χ1v) is 11.3. The van der Waals surface area contributed by atoms with Gasteiger partial charge in [0.25, 0.3) is 5.91 Å². The fourth-order valence-corrected chi connectivity index (χ4v) is 4.96. The van der Waals surface area contributed by atoms with Gasteiger partial charge in [0.15, 0.2) is 0 Å². The molecule has 0 spiro atoms. The fourth-order valence-electron chi connectivity index (χ4n) is 3.84. The van der Waals surface area contributed by atoms with Gasteiger partial charge >= 0.3 is 0 Å². The smallest absolute Gasteiger partial charge is 0.256 e. The predicted molar refractivity (Wildman–Crippen MR) is 117 cm³/mol. The molecule has 0 aromatic heterocycles. The van der Waals surface area contributed by atoms with Crippen LogP contribution in [0.3, 0.4) is 0 Å². The number of benzene rings is 2. The molecule has 4 rings (SSSR count). The zero-order chi connectivity index (χ0) is 19.2. The van der Waals surface area contributed by atoms with Crippen LogP contribution in [0.1, 0.15) is 42.5 Å². The van der Waals surface area contributed by atoms with Gasteiger partial charge in [-0.3, -0.25) is 4.79 Å². The van der Waals surface area contributed by atoms with E-state index in [9.17, 15) is 4.79 Å². The summed E-state index contributed by atoms with van der Waals surface area (Å²) >= 11 is 1.71. The van der Waals surface area contributed by atoms with Gasteiger partial charge in [-0.2, -0.15) is 0 Å². The number of piperidine rings is 1. The molecule has 0 aliphatic carbocycles. The largest absolute Gasteiger partial charge is 0.377 e. The van der Waals surface area contributed by atoms with Crippen molar-refractivity contribution in [1.82, 2.24) is 0 Å². The van der Waals surface area contributed by atoms with E-state index in [-0.39, 0.29) is 5.91 Å². The molecule has 2 saturated heterocycles. The van der Waals surface area contributed by atoms with Crippen molar-refractivity contribution in [3.8, 4) is 0 Å². The van der Waals surface area contributed by atoms with Crippen LogP contribution in [-0.2, 0) is 4.74 Å². The minimum absolute atomic E-state index is 0.0545. The number of ether oxygens (including phenoxy) is 1. The summed E-state index contributed by atoms with van der Waals surface area (Å²) in [6.45, 7) is 3.11. The van der Waals surface area contributed by atoms with Crippen LogP contribution in [0.25, 0.3) is 0 Å². The van der Waals surface area contributed by atoms with E-state index < -0.39 is 0 Å². The molecule has 0 radical (unpaired) electrons. The Bertz CT molecular complexity index is 781. The normalized spacial score (nSPS) is 19.6. The van der Waals surface area contributed by atoms with Gasteiger partial charge in [-0.15, -0.1) is 11.8 Å². The van der Waals surface area contributed by atoms with Gasteiger partial charge in [0.05, 0.1) is 11.7 Å². The molecule has 2 fully saturated rings. The van der Waals surface area contributed by atoms with Gasteiger partial charge in [0.1, 0.15) is 0 Å². The van der Waals surface area contributed by atoms with Crippen molar-refractivity contribution in [3.05, 3.63) is 54.1 Å². The molecule has 1 N–H and O–H groups in total. The second-order valence-corrected chi connectivity index (χ2v) is 8.55. The maximum absolute atomic E-state index is 12.9. The van der Waals surface area contributed by atoms with E-state index in [4.69, 9.17) is 4.74 Å². The third kappa shape index (κ3) is 4.89. The average molecular weight is 397 g/mol. The van der Waals surface area contributed by atoms with Crippen LogP contribution in [0.15, 0.2) is 53.4 Å². The maximum Gasteiger partial charge on any atom is 0.256 e. The number of hydrogen-bond donors (Lipinski definition) is 1. The second kappa shape index (κ2) is 9.48. The van der Waals surface area contributed by atoms with Gasteiger partial charge in [0.2, 0.25) is 0 Å². The van der Waals surface area contributed by atoms with Crippen LogP contribution < -0.4 is 10.2 Å². The molecule has 2 heterocycles. The van der Waals surface area contributed by atoms with Crippen molar-refractivity contribution < 1.29 is 9.53 Å². The molecule has 2 aromatic carbocycles. The Morgan fingerprint density at radius 3 is 2.57 bits per heavy atom. The SMILES string of the molecule is O=C(Nc1ccc(N2CCCCC2)cc1)c1ccccc1SCC1CCCO1. The first-order chi connectivity index (χ1) is 13.8. The number of thioether (sulfide) groups is 1. The molecule has 1 atom stereocenters. The lowest BCUT2D eigenvalue weighted by Crippen LogP contribution is -2.29. The van der Waals surface area contributed by atoms with Crippen molar-refractivity contribution in [1.29, 1.82) is 0 Å². The molecule has 4 nitrogen and oxygen atoms in total. The molecule has 0 bridgehead atoms. The Morgan fingerprint density at radius 1 is 1.04 bits per heavy atom. The number of anilines is 2. The molecule has 2 aliphatic rings. The number of amides is 1. The van der Waals surface area contributed by atoms with Crippen LogP contribution in [0.2, 0.25) is 0 Å². The number of hydrogen-bond acceptors (Lipinski definition) is 4. The summed E-state index contributed by atoms with van der Waals surface area (Å²) in [4.78, 5) is 16.3. The van der Waals surface area contributed by atoms with Crippen LogP contribution in [0, 0.1) is 0 Å². The van der Waals surface area contributed by atoms with Gasteiger partial charge in [0, 0.05) is 41.7 Å². The third-order valence-electron chi connectivity index (χ3n) is 5.43. The van der Waals surface area contributed by atoms with Crippen molar-refractivity contribution in [2.75, 3.05) is 35.7 Å². The van der Waals surface area contributed by atoms with E-state index in [1.165, 1.54) is 24.9 Å². The van der Waals surface area contributed by atoms with Gasteiger partial charge in [-0.25, -0.2) is 0 Å². The second-order valence-electron chi connectivity index (χ2n) is 7.49. The quantitative estimate of drug-likeness (QED) is 0.682. The van der Waals surface area contributed by atoms with Gasteiger partial charge in [-0.1, -0.05) is 12.1 Å². The monoisotopic (exact) mass is 396 g/mol. The zero-order valence-electron chi connectivity index (χ0n) is 16.2. The van der Waals surface area contributed by atoms with Crippen LogP contribution in [-0.4, -0.2) is 37.5 Å². The van der Waals surface area contributed by atoms with Crippen molar-refractivity contribution >= 4 is 29.0 Å². The van der Waals surface area contributed by atoms with Crippen molar-refractivity contribution in [3.63, 3.8) is 0 Å². The average Bonchev–Trinajstić information content (AvgIpc) is 3.27. The molecule has 0 saturated carbocycles. The Morgan fingerprint density at radius 2 is 1.82 bits per heavy atom. The number of rotatable bonds is 6. The topological polar surface area (TPSA) is 41.6 Å². The lowest BCUT2D eigenvalue weighted by Gasteiger charge is -2.28. The van der Waals surface area contributed by atoms with Gasteiger partial charge < -0.3 is 15.0 Å². The molecule has 2 aromatic rings. The van der Waals surface area contributed by atoms with Crippen molar-refractivity contribution in [2.45, 2.75) is 43.1 Å². The third-order valence-corrected chi connectivity index (χ3v) is 6.63. The first kappa shape index (κ1) is 19.3. The standard InChI is InChI=1S/C23H28N2O2S/c26-23(21-8-2-3-9-22(21)28-17-20-7-6-16-27-20)24-18-10-12-19(13-11-18)25-14-4-1-5-15-25/h2-3,8-13,20H,1,4-7,14-17H2,(H,24,26). The lowest BCUT2D eigenvalue weighted by molar-refractivity contribution is 0.102. The molecule has 2 aliphatic heterocycles. The molecule has 1 unspecified atom stereocenters. The number of carbonyl (C=O) groups is 1. The molecule has 28 heavy (non-hydrogen) atoms. The van der Waals surface area contributed by atoms with Gasteiger partial charge in [-0.05, 0) is 68.5 Å². The molecule has 1 amide bonds. The maximum atomic E-state index is 12.9. The fraction of sp³-hybridized carbons (Fsp3) is 0.435.